The molecule has 1 fully saturated rings. The molecule has 0 aromatic heterocycles. The predicted molar refractivity (Wildman–Crippen MR) is 135 cm³/mol. The standard InChI is InChI=1S/C24H49NO4SSi/c1-3-5-7-8-9-10-11-19-28-21-29-22-15-16-23(31-25(27)18-17-22)13-12-20-30-24(26)14-6-4-2/h22-23,27H,3-21,31H2,1-2H3. The van der Waals surface area contributed by atoms with Crippen LogP contribution in [0.2, 0.25) is 5.54 Å². The molecule has 0 aromatic rings. The lowest BCUT2D eigenvalue weighted by Crippen LogP contribution is -2.34. The first-order valence-electron chi connectivity index (χ1n) is 12.9. The lowest BCUT2D eigenvalue weighted by Gasteiger charge is -2.29. The number of carbonyl (C=O) groups is 1. The Labute approximate surface area is 198 Å². The molecule has 0 radical (unpaired) electrons. The van der Waals surface area contributed by atoms with Gasteiger partial charge in [-0.1, -0.05) is 77.0 Å². The summed E-state index contributed by atoms with van der Waals surface area (Å²) in [6.45, 7) is 6.26. The van der Waals surface area contributed by atoms with E-state index in [1.807, 2.05) is 0 Å². The van der Waals surface area contributed by atoms with Crippen LogP contribution in [0, 0.1) is 0 Å². The van der Waals surface area contributed by atoms with Crippen LogP contribution < -0.4 is 0 Å². The Morgan fingerprint density at radius 2 is 1.74 bits per heavy atom. The molecule has 0 spiro atoms. The lowest BCUT2D eigenvalue weighted by atomic mass is 10.1. The van der Waals surface area contributed by atoms with Gasteiger partial charge in [0.15, 0.2) is 5.12 Å². The Kier molecular flexibility index (Phi) is 19.4. The Balaban J connectivity index is 2.09. The van der Waals surface area contributed by atoms with Gasteiger partial charge in [0.1, 0.15) is 16.5 Å². The fourth-order valence-electron chi connectivity index (χ4n) is 4.06. The van der Waals surface area contributed by atoms with Gasteiger partial charge in [-0.15, -0.1) is 0 Å². The minimum Gasteiger partial charge on any atom is -0.355 e. The molecule has 0 saturated carbocycles. The zero-order valence-electron chi connectivity index (χ0n) is 20.3. The van der Waals surface area contributed by atoms with E-state index in [0.717, 1.165) is 70.3 Å². The summed E-state index contributed by atoms with van der Waals surface area (Å²) < 4.78 is 13.3. The minimum absolute atomic E-state index is 0.186. The third-order valence-electron chi connectivity index (χ3n) is 6.11. The summed E-state index contributed by atoms with van der Waals surface area (Å²) in [7, 11) is -0.627. The van der Waals surface area contributed by atoms with Gasteiger partial charge in [0, 0.05) is 25.3 Å². The van der Waals surface area contributed by atoms with E-state index in [4.69, 9.17) is 9.47 Å². The number of hydroxylamine groups is 1. The van der Waals surface area contributed by atoms with Gasteiger partial charge in [-0.3, -0.25) is 4.79 Å². The number of thioether (sulfide) groups is 1. The smallest absolute Gasteiger partial charge is 0.188 e. The second kappa shape index (κ2) is 20.7. The Morgan fingerprint density at radius 1 is 1.00 bits per heavy atom. The largest absolute Gasteiger partial charge is 0.355 e. The molecule has 0 aliphatic carbocycles. The van der Waals surface area contributed by atoms with Crippen molar-refractivity contribution in [2.45, 2.75) is 122 Å². The van der Waals surface area contributed by atoms with Crippen molar-refractivity contribution in [3.63, 3.8) is 0 Å². The van der Waals surface area contributed by atoms with Gasteiger partial charge in [-0.25, -0.2) is 4.73 Å². The molecule has 5 nitrogen and oxygen atoms in total. The third kappa shape index (κ3) is 17.2. The van der Waals surface area contributed by atoms with Gasteiger partial charge in [-0.2, -0.15) is 0 Å². The highest BCUT2D eigenvalue weighted by molar-refractivity contribution is 8.13. The SMILES string of the molecule is CCCCCCCCCOCOC1CCC(CCCSC(=O)CCCC)[SiH2]N(O)CC1. The maximum Gasteiger partial charge on any atom is 0.188 e. The van der Waals surface area contributed by atoms with E-state index < -0.39 is 9.68 Å². The molecule has 1 saturated heterocycles. The second-order valence-electron chi connectivity index (χ2n) is 9.05. The normalized spacial score (nSPS) is 21.3. The Hall–Kier alpha value is 0.0769. The number of ether oxygens (including phenoxy) is 2. The monoisotopic (exact) mass is 475 g/mol. The van der Waals surface area contributed by atoms with E-state index in [1.54, 1.807) is 4.73 Å². The van der Waals surface area contributed by atoms with Crippen molar-refractivity contribution < 1.29 is 19.5 Å². The van der Waals surface area contributed by atoms with Gasteiger partial charge in [0.05, 0.1) is 6.10 Å². The fourth-order valence-corrected chi connectivity index (χ4v) is 6.74. The summed E-state index contributed by atoms with van der Waals surface area (Å²) in [5, 5.41) is 10.6. The zero-order valence-corrected chi connectivity index (χ0v) is 22.6. The molecule has 1 N–H and O–H groups in total. The number of rotatable bonds is 18. The van der Waals surface area contributed by atoms with Gasteiger partial charge in [-0.05, 0) is 44.1 Å². The first kappa shape index (κ1) is 29.1. The van der Waals surface area contributed by atoms with Crippen LogP contribution >= 0.6 is 11.8 Å². The van der Waals surface area contributed by atoms with Crippen molar-refractivity contribution in [1.82, 2.24) is 4.73 Å². The highest BCUT2D eigenvalue weighted by Gasteiger charge is 2.22. The van der Waals surface area contributed by atoms with Gasteiger partial charge >= 0.3 is 0 Å². The number of unbranched alkanes of at least 4 members (excludes halogenated alkanes) is 7. The van der Waals surface area contributed by atoms with Crippen molar-refractivity contribution in [2.24, 2.45) is 0 Å². The Morgan fingerprint density at radius 3 is 2.52 bits per heavy atom. The van der Waals surface area contributed by atoms with Crippen molar-refractivity contribution in [3.8, 4) is 0 Å². The van der Waals surface area contributed by atoms with E-state index in [1.165, 1.54) is 50.3 Å². The molecule has 0 aromatic carbocycles. The van der Waals surface area contributed by atoms with E-state index in [9.17, 15) is 10.0 Å². The highest BCUT2D eigenvalue weighted by atomic mass is 32.2. The number of hydrogen-bond acceptors (Lipinski definition) is 6. The average molecular weight is 476 g/mol. The molecule has 184 valence electrons. The van der Waals surface area contributed by atoms with Crippen LogP contribution in [-0.2, 0) is 14.3 Å². The van der Waals surface area contributed by atoms with E-state index in [2.05, 4.69) is 13.8 Å². The summed E-state index contributed by atoms with van der Waals surface area (Å²) in [5.74, 6) is 0.922. The summed E-state index contributed by atoms with van der Waals surface area (Å²) in [6.07, 6.45) is 17.3. The van der Waals surface area contributed by atoms with Crippen LogP contribution in [0.1, 0.15) is 110 Å². The molecular weight excluding hydrogens is 426 g/mol. The molecule has 0 amide bonds. The molecule has 31 heavy (non-hydrogen) atoms. The molecule has 1 heterocycles. The minimum atomic E-state index is -0.627. The van der Waals surface area contributed by atoms with Crippen molar-refractivity contribution in [3.05, 3.63) is 0 Å². The van der Waals surface area contributed by atoms with Crippen molar-refractivity contribution >= 4 is 26.6 Å². The molecule has 0 bridgehead atoms. The van der Waals surface area contributed by atoms with E-state index in [-0.39, 0.29) is 6.10 Å². The number of carbonyl (C=O) groups excluding carboxylic acids is 1. The second-order valence-corrected chi connectivity index (χ2v) is 12.4. The van der Waals surface area contributed by atoms with Crippen LogP contribution in [0.3, 0.4) is 0 Å². The number of hydrogen-bond donors (Lipinski definition) is 1. The highest BCUT2D eigenvalue weighted by Crippen LogP contribution is 2.26. The summed E-state index contributed by atoms with van der Waals surface area (Å²) >= 11 is 1.50. The molecule has 7 heteroatoms. The fraction of sp³-hybridized carbons (Fsp3) is 0.958. The first-order valence-corrected chi connectivity index (χ1v) is 15.4. The maximum absolute atomic E-state index is 11.8. The van der Waals surface area contributed by atoms with Gasteiger partial charge < -0.3 is 14.7 Å². The quantitative estimate of drug-likeness (QED) is 0.147. The maximum atomic E-state index is 11.8. The van der Waals surface area contributed by atoms with E-state index in [0.29, 0.717) is 23.9 Å². The first-order chi connectivity index (χ1) is 15.2. The molecule has 2 unspecified atom stereocenters. The van der Waals surface area contributed by atoms with Crippen molar-refractivity contribution in [2.75, 3.05) is 25.7 Å². The zero-order chi connectivity index (χ0) is 22.6. The number of nitrogens with zero attached hydrogens (tertiary/aromatic N) is 1. The predicted octanol–water partition coefficient (Wildman–Crippen LogP) is 6.07. The lowest BCUT2D eigenvalue weighted by molar-refractivity contribution is -0.111. The third-order valence-corrected chi connectivity index (χ3v) is 9.20. The average Bonchev–Trinajstić information content (AvgIpc) is 2.76. The van der Waals surface area contributed by atoms with Crippen LogP contribution in [0.25, 0.3) is 0 Å². The van der Waals surface area contributed by atoms with Crippen LogP contribution in [0.4, 0.5) is 0 Å². The molecule has 1 aliphatic heterocycles. The van der Waals surface area contributed by atoms with Gasteiger partial charge in [0.2, 0.25) is 0 Å². The molecular formula is C24H49NO4SSi. The summed E-state index contributed by atoms with van der Waals surface area (Å²) in [4.78, 5) is 11.8. The van der Waals surface area contributed by atoms with Crippen molar-refractivity contribution in [1.29, 1.82) is 0 Å². The Bertz CT molecular complexity index is 430. The van der Waals surface area contributed by atoms with Crippen LogP contribution in [-0.4, -0.2) is 56.5 Å². The van der Waals surface area contributed by atoms with E-state index >= 15 is 0 Å². The van der Waals surface area contributed by atoms with Crippen LogP contribution in [0.15, 0.2) is 0 Å². The summed E-state index contributed by atoms with van der Waals surface area (Å²) in [5.41, 5.74) is 0.608. The summed E-state index contributed by atoms with van der Waals surface area (Å²) in [6, 6.07) is 0. The van der Waals surface area contributed by atoms with Crippen LogP contribution in [0.5, 0.6) is 0 Å². The molecule has 1 rings (SSSR count). The molecule has 2 atom stereocenters. The van der Waals surface area contributed by atoms with Gasteiger partial charge in [0.25, 0.3) is 0 Å². The topological polar surface area (TPSA) is 59.0 Å². The molecule has 1 aliphatic rings.